The zero-order chi connectivity index (χ0) is 17.8. The van der Waals surface area contributed by atoms with Gasteiger partial charge in [0.15, 0.2) is 11.5 Å². The normalized spacial score (nSPS) is 17.0. The van der Waals surface area contributed by atoms with Crippen LogP contribution in [0.15, 0.2) is 12.1 Å². The number of ether oxygens (including phenoxy) is 3. The first kappa shape index (κ1) is 18.0. The summed E-state index contributed by atoms with van der Waals surface area (Å²) in [6, 6.07) is 3.83. The number of imidazole rings is 1. The molecule has 0 radical (unpaired) electrons. The molecule has 1 atom stereocenters. The van der Waals surface area contributed by atoms with E-state index in [9.17, 15) is 0 Å². The summed E-state index contributed by atoms with van der Waals surface area (Å²) >= 11 is 0. The maximum absolute atomic E-state index is 6.33. The van der Waals surface area contributed by atoms with Gasteiger partial charge < -0.3 is 24.5 Å². The third-order valence-electron chi connectivity index (χ3n) is 4.80. The molecule has 1 saturated heterocycles. The van der Waals surface area contributed by atoms with Gasteiger partial charge in [-0.2, -0.15) is 0 Å². The fourth-order valence-corrected chi connectivity index (χ4v) is 3.24. The standard InChI is InChI=1S/C18H28N4O3/c1-4-13(19)18-20-14-11-16(23-2)17(24-3)12-15(14)22(18)6-5-21-7-9-25-10-8-21/h11-13H,4-10,19H2,1-3H3. The first-order valence-corrected chi connectivity index (χ1v) is 8.85. The van der Waals surface area contributed by atoms with Crippen molar-refractivity contribution in [3.05, 3.63) is 18.0 Å². The van der Waals surface area contributed by atoms with Crippen molar-refractivity contribution in [3.63, 3.8) is 0 Å². The molecule has 1 aromatic carbocycles. The number of benzene rings is 1. The highest BCUT2D eigenvalue weighted by atomic mass is 16.5. The minimum Gasteiger partial charge on any atom is -0.493 e. The Bertz CT molecular complexity index is 710. The molecule has 138 valence electrons. The molecule has 0 amide bonds. The maximum atomic E-state index is 6.33. The van der Waals surface area contributed by atoms with Crippen molar-refractivity contribution >= 4 is 11.0 Å². The van der Waals surface area contributed by atoms with Gasteiger partial charge in [-0.25, -0.2) is 4.98 Å². The molecule has 1 unspecified atom stereocenters. The second-order valence-electron chi connectivity index (χ2n) is 6.29. The van der Waals surface area contributed by atoms with Crippen LogP contribution in [0.25, 0.3) is 11.0 Å². The van der Waals surface area contributed by atoms with Gasteiger partial charge in [-0.1, -0.05) is 6.92 Å². The maximum Gasteiger partial charge on any atom is 0.163 e. The van der Waals surface area contributed by atoms with E-state index in [1.165, 1.54) is 0 Å². The van der Waals surface area contributed by atoms with E-state index >= 15 is 0 Å². The van der Waals surface area contributed by atoms with Gasteiger partial charge in [0.1, 0.15) is 5.82 Å². The summed E-state index contributed by atoms with van der Waals surface area (Å²) in [6.07, 6.45) is 0.842. The van der Waals surface area contributed by atoms with Crippen molar-refractivity contribution in [2.75, 3.05) is 47.1 Å². The quantitative estimate of drug-likeness (QED) is 0.822. The summed E-state index contributed by atoms with van der Waals surface area (Å²) < 4.78 is 18.5. The molecule has 2 heterocycles. The third kappa shape index (κ3) is 3.73. The molecule has 2 aromatic rings. The fourth-order valence-electron chi connectivity index (χ4n) is 3.24. The first-order valence-electron chi connectivity index (χ1n) is 8.85. The Morgan fingerprint density at radius 2 is 1.84 bits per heavy atom. The van der Waals surface area contributed by atoms with Crippen LogP contribution >= 0.6 is 0 Å². The van der Waals surface area contributed by atoms with Gasteiger partial charge in [0, 0.05) is 38.3 Å². The highest BCUT2D eigenvalue weighted by Crippen LogP contribution is 2.33. The molecular weight excluding hydrogens is 320 g/mol. The number of hydrogen-bond donors (Lipinski definition) is 1. The predicted octanol–water partition coefficient (Wildman–Crippen LogP) is 1.80. The van der Waals surface area contributed by atoms with E-state index in [2.05, 4.69) is 16.4 Å². The number of nitrogens with two attached hydrogens (primary N) is 1. The van der Waals surface area contributed by atoms with E-state index in [1.54, 1.807) is 14.2 Å². The topological polar surface area (TPSA) is 74.8 Å². The van der Waals surface area contributed by atoms with Crippen LogP contribution in [0.1, 0.15) is 25.2 Å². The van der Waals surface area contributed by atoms with Gasteiger partial charge in [-0.05, 0) is 6.42 Å². The van der Waals surface area contributed by atoms with Crippen LogP contribution in [0.5, 0.6) is 11.5 Å². The molecule has 7 heteroatoms. The van der Waals surface area contributed by atoms with E-state index in [1.807, 2.05) is 12.1 Å². The average molecular weight is 348 g/mol. The fraction of sp³-hybridized carbons (Fsp3) is 0.611. The van der Waals surface area contributed by atoms with Crippen LogP contribution < -0.4 is 15.2 Å². The molecule has 2 N–H and O–H groups in total. The van der Waals surface area contributed by atoms with E-state index in [-0.39, 0.29) is 6.04 Å². The number of rotatable bonds is 7. The Morgan fingerprint density at radius 3 is 2.48 bits per heavy atom. The van der Waals surface area contributed by atoms with E-state index in [4.69, 9.17) is 24.9 Å². The Kier molecular flexibility index (Phi) is 5.78. The molecule has 7 nitrogen and oxygen atoms in total. The number of methoxy groups -OCH3 is 2. The van der Waals surface area contributed by atoms with Crippen molar-refractivity contribution in [2.24, 2.45) is 5.73 Å². The molecule has 25 heavy (non-hydrogen) atoms. The summed E-state index contributed by atoms with van der Waals surface area (Å²) in [4.78, 5) is 7.20. The lowest BCUT2D eigenvalue weighted by Crippen LogP contribution is -2.38. The highest BCUT2D eigenvalue weighted by Gasteiger charge is 2.19. The average Bonchev–Trinajstić information content (AvgIpc) is 3.02. The van der Waals surface area contributed by atoms with Gasteiger partial charge >= 0.3 is 0 Å². The second kappa shape index (κ2) is 8.03. The Morgan fingerprint density at radius 1 is 1.16 bits per heavy atom. The van der Waals surface area contributed by atoms with Crippen molar-refractivity contribution in [3.8, 4) is 11.5 Å². The molecule has 1 aliphatic rings. The van der Waals surface area contributed by atoms with Gasteiger partial charge in [-0.3, -0.25) is 4.90 Å². The molecule has 0 spiro atoms. The van der Waals surface area contributed by atoms with Crippen molar-refractivity contribution in [1.29, 1.82) is 0 Å². The SMILES string of the molecule is CCC(N)c1nc2cc(OC)c(OC)cc2n1CCN1CCOCC1. The monoisotopic (exact) mass is 348 g/mol. The summed E-state index contributed by atoms with van der Waals surface area (Å²) in [7, 11) is 3.29. The summed E-state index contributed by atoms with van der Waals surface area (Å²) in [6.45, 7) is 7.42. The number of hydrogen-bond acceptors (Lipinski definition) is 6. The number of nitrogens with zero attached hydrogens (tertiary/aromatic N) is 3. The van der Waals surface area contributed by atoms with Gasteiger partial charge in [-0.15, -0.1) is 0 Å². The Hall–Kier alpha value is -1.83. The molecular formula is C18H28N4O3. The largest absolute Gasteiger partial charge is 0.493 e. The van der Waals surface area contributed by atoms with Gasteiger partial charge in [0.05, 0.1) is 44.5 Å². The van der Waals surface area contributed by atoms with Crippen LogP contribution in [0.4, 0.5) is 0 Å². The van der Waals surface area contributed by atoms with Crippen molar-refractivity contribution < 1.29 is 14.2 Å². The third-order valence-corrected chi connectivity index (χ3v) is 4.80. The molecule has 1 aromatic heterocycles. The zero-order valence-corrected chi connectivity index (χ0v) is 15.3. The van der Waals surface area contributed by atoms with E-state index in [0.717, 1.165) is 62.7 Å². The lowest BCUT2D eigenvalue weighted by atomic mass is 10.2. The molecule has 0 saturated carbocycles. The van der Waals surface area contributed by atoms with Gasteiger partial charge in [0.25, 0.3) is 0 Å². The smallest absolute Gasteiger partial charge is 0.163 e. The number of aromatic nitrogens is 2. The Labute approximate surface area is 148 Å². The molecule has 3 rings (SSSR count). The highest BCUT2D eigenvalue weighted by molar-refractivity contribution is 5.80. The van der Waals surface area contributed by atoms with Crippen LogP contribution in [0.2, 0.25) is 0 Å². The van der Waals surface area contributed by atoms with Crippen LogP contribution in [0.3, 0.4) is 0 Å². The van der Waals surface area contributed by atoms with E-state index < -0.39 is 0 Å². The van der Waals surface area contributed by atoms with Gasteiger partial charge in [0.2, 0.25) is 0 Å². The summed E-state index contributed by atoms with van der Waals surface area (Å²) in [5.74, 6) is 2.31. The lowest BCUT2D eigenvalue weighted by molar-refractivity contribution is 0.0364. The zero-order valence-electron chi connectivity index (χ0n) is 15.3. The minimum absolute atomic E-state index is 0.0888. The lowest BCUT2D eigenvalue weighted by Gasteiger charge is -2.27. The van der Waals surface area contributed by atoms with Crippen LogP contribution in [-0.4, -0.2) is 61.5 Å². The summed E-state index contributed by atoms with van der Waals surface area (Å²) in [5.41, 5.74) is 8.25. The number of morpholine rings is 1. The Balaban J connectivity index is 1.96. The van der Waals surface area contributed by atoms with Crippen LogP contribution in [0, 0.1) is 0 Å². The number of fused-ring (bicyclic) bond motifs is 1. The molecule has 1 aliphatic heterocycles. The van der Waals surface area contributed by atoms with E-state index in [0.29, 0.717) is 11.5 Å². The second-order valence-corrected chi connectivity index (χ2v) is 6.29. The minimum atomic E-state index is -0.0888. The van der Waals surface area contributed by atoms with Crippen LogP contribution in [-0.2, 0) is 11.3 Å². The molecule has 1 fully saturated rings. The molecule has 0 bridgehead atoms. The first-order chi connectivity index (χ1) is 12.2. The molecule has 0 aliphatic carbocycles. The predicted molar refractivity (Wildman–Crippen MR) is 97.3 cm³/mol. The van der Waals surface area contributed by atoms with Crippen molar-refractivity contribution in [1.82, 2.24) is 14.5 Å². The van der Waals surface area contributed by atoms with Crippen molar-refractivity contribution in [2.45, 2.75) is 25.9 Å². The summed E-state index contributed by atoms with van der Waals surface area (Å²) in [5, 5.41) is 0.